The molecule has 0 atom stereocenters. The van der Waals surface area contributed by atoms with Crippen LogP contribution < -0.4 is 5.73 Å². The van der Waals surface area contributed by atoms with Gasteiger partial charge in [-0.05, 0) is 10.9 Å². The highest BCUT2D eigenvalue weighted by molar-refractivity contribution is 5.56. The van der Waals surface area contributed by atoms with Crippen LogP contribution in [0.2, 0.25) is 0 Å². The molecule has 0 heterocycles. The van der Waals surface area contributed by atoms with E-state index in [-0.39, 0.29) is 16.2 Å². The van der Waals surface area contributed by atoms with Gasteiger partial charge < -0.3 is 16.1 Å². The minimum atomic E-state index is 0.0509. The van der Waals surface area contributed by atoms with E-state index in [1.54, 1.807) is 18.2 Å². The van der Waals surface area contributed by atoms with E-state index in [2.05, 4.69) is 5.28 Å². The second kappa shape index (κ2) is 2.87. The minimum Gasteiger partial charge on any atom is -0.592 e. The van der Waals surface area contributed by atoms with Crippen molar-refractivity contribution < 1.29 is 10.1 Å². The Morgan fingerprint density at radius 3 is 2.64 bits per heavy atom. The van der Waals surface area contributed by atoms with Gasteiger partial charge in [0.2, 0.25) is 5.28 Å². The summed E-state index contributed by atoms with van der Waals surface area (Å²) in [5.41, 5.74) is 5.80. The SMILES string of the molecule is Nc1ccccc1[N+]([O-])=NO. The fourth-order valence-electron chi connectivity index (χ4n) is 0.710. The highest BCUT2D eigenvalue weighted by Crippen LogP contribution is 2.19. The predicted molar refractivity (Wildman–Crippen MR) is 38.4 cm³/mol. The van der Waals surface area contributed by atoms with E-state index in [9.17, 15) is 5.21 Å². The summed E-state index contributed by atoms with van der Waals surface area (Å²) in [6.45, 7) is 0. The van der Waals surface area contributed by atoms with Gasteiger partial charge in [-0.3, -0.25) is 0 Å². The van der Waals surface area contributed by atoms with Gasteiger partial charge in [0.25, 0.3) is 5.69 Å². The van der Waals surface area contributed by atoms with Crippen molar-refractivity contribution in [3.8, 4) is 0 Å². The van der Waals surface area contributed by atoms with E-state index in [0.717, 1.165) is 0 Å². The second-order valence-electron chi connectivity index (χ2n) is 1.92. The zero-order valence-corrected chi connectivity index (χ0v) is 5.64. The third kappa shape index (κ3) is 1.37. The topological polar surface area (TPSA) is 84.7 Å². The summed E-state index contributed by atoms with van der Waals surface area (Å²) >= 11 is 0. The first kappa shape index (κ1) is 7.33. The summed E-state index contributed by atoms with van der Waals surface area (Å²) in [4.78, 5) is 0.0509. The van der Waals surface area contributed by atoms with Crippen molar-refractivity contribution in [3.63, 3.8) is 0 Å². The summed E-state index contributed by atoms with van der Waals surface area (Å²) in [5, 5.41) is 21.2. The van der Waals surface area contributed by atoms with E-state index in [0.29, 0.717) is 0 Å². The number of para-hydroxylation sites is 2. The van der Waals surface area contributed by atoms with Crippen LogP contribution in [0.15, 0.2) is 29.5 Å². The summed E-state index contributed by atoms with van der Waals surface area (Å²) < 4.78 is 0. The predicted octanol–water partition coefficient (Wildman–Crippen LogP) is 1.25. The Morgan fingerprint density at radius 1 is 1.45 bits per heavy atom. The number of anilines is 1. The van der Waals surface area contributed by atoms with E-state index >= 15 is 0 Å². The zero-order valence-electron chi connectivity index (χ0n) is 5.64. The number of nitrogens with two attached hydrogens (primary N) is 1. The molecule has 0 saturated heterocycles. The number of nitrogens with zero attached hydrogens (tertiary/aromatic N) is 2. The molecule has 1 rings (SSSR count). The van der Waals surface area contributed by atoms with E-state index in [4.69, 9.17) is 10.9 Å². The minimum absolute atomic E-state index is 0.0509. The van der Waals surface area contributed by atoms with Crippen LogP contribution in [0.5, 0.6) is 0 Å². The first-order valence-corrected chi connectivity index (χ1v) is 2.92. The lowest BCUT2D eigenvalue weighted by Gasteiger charge is -1.98. The first-order valence-electron chi connectivity index (χ1n) is 2.92. The number of hydrogen-bond donors (Lipinski definition) is 2. The second-order valence-corrected chi connectivity index (χ2v) is 1.92. The molecule has 0 unspecified atom stereocenters. The number of nitrogen functional groups attached to an aromatic ring is 1. The molecule has 5 nitrogen and oxygen atoms in total. The van der Waals surface area contributed by atoms with E-state index in [1.165, 1.54) is 6.07 Å². The maximum Gasteiger partial charge on any atom is 0.270 e. The van der Waals surface area contributed by atoms with Gasteiger partial charge in [0.1, 0.15) is 5.69 Å². The Morgan fingerprint density at radius 2 is 2.09 bits per heavy atom. The molecule has 1 aromatic carbocycles. The highest BCUT2D eigenvalue weighted by Gasteiger charge is 2.06. The molecule has 0 aliphatic carbocycles. The van der Waals surface area contributed by atoms with Crippen molar-refractivity contribution in [3.05, 3.63) is 29.5 Å². The molecule has 0 aliphatic heterocycles. The van der Waals surface area contributed by atoms with Crippen LogP contribution in [0.1, 0.15) is 0 Å². The molecular formula is C6H7N3O2. The molecule has 0 radical (unpaired) electrons. The summed E-state index contributed by atoms with van der Waals surface area (Å²) in [5.74, 6) is 0. The molecule has 0 aromatic heterocycles. The lowest BCUT2D eigenvalue weighted by atomic mass is 10.3. The van der Waals surface area contributed by atoms with Gasteiger partial charge >= 0.3 is 0 Å². The van der Waals surface area contributed by atoms with Gasteiger partial charge in [-0.1, -0.05) is 12.1 Å². The normalized spacial score (nSPS) is 11.5. The molecule has 0 amide bonds. The van der Waals surface area contributed by atoms with Crippen LogP contribution in [0, 0.1) is 5.21 Å². The average molecular weight is 153 g/mol. The smallest absolute Gasteiger partial charge is 0.270 e. The zero-order chi connectivity index (χ0) is 8.27. The molecule has 3 N–H and O–H groups in total. The van der Waals surface area contributed by atoms with Crippen molar-refractivity contribution in [2.45, 2.75) is 0 Å². The molecular weight excluding hydrogens is 146 g/mol. The molecule has 58 valence electrons. The third-order valence-electron chi connectivity index (χ3n) is 1.22. The van der Waals surface area contributed by atoms with Crippen molar-refractivity contribution in [1.82, 2.24) is 0 Å². The summed E-state index contributed by atoms with van der Waals surface area (Å²) in [6, 6.07) is 6.32. The Balaban J connectivity index is 3.14. The van der Waals surface area contributed by atoms with E-state index in [1.807, 2.05) is 0 Å². The number of benzene rings is 1. The van der Waals surface area contributed by atoms with Crippen LogP contribution in [0.25, 0.3) is 0 Å². The van der Waals surface area contributed by atoms with Crippen LogP contribution in [-0.2, 0) is 0 Å². The van der Waals surface area contributed by atoms with Gasteiger partial charge in [0, 0.05) is 6.07 Å². The molecule has 0 fully saturated rings. The highest BCUT2D eigenvalue weighted by atomic mass is 16.6. The lowest BCUT2D eigenvalue weighted by Crippen LogP contribution is -1.95. The van der Waals surface area contributed by atoms with Gasteiger partial charge in [-0.25, -0.2) is 0 Å². The molecule has 0 saturated carbocycles. The Hall–Kier alpha value is -1.78. The Bertz CT molecular complexity index is 285. The number of rotatable bonds is 1. The van der Waals surface area contributed by atoms with Gasteiger partial charge in [0.05, 0.1) is 0 Å². The molecule has 0 spiro atoms. The summed E-state index contributed by atoms with van der Waals surface area (Å²) in [6.07, 6.45) is 0. The fraction of sp³-hybridized carbons (Fsp3) is 0. The molecule has 1 aromatic rings. The van der Waals surface area contributed by atoms with E-state index < -0.39 is 0 Å². The molecule has 0 bridgehead atoms. The lowest BCUT2D eigenvalue weighted by molar-refractivity contribution is -0.473. The van der Waals surface area contributed by atoms with Crippen LogP contribution in [0.3, 0.4) is 0 Å². The van der Waals surface area contributed by atoms with Crippen molar-refractivity contribution in [1.29, 1.82) is 0 Å². The monoisotopic (exact) mass is 153 g/mol. The van der Waals surface area contributed by atoms with Crippen molar-refractivity contribution in [2.75, 3.05) is 5.73 Å². The maximum absolute atomic E-state index is 10.7. The number of hydrogen-bond acceptors (Lipinski definition) is 3. The standard InChI is InChI=1S/C6H7N3O2/c7-5-3-1-2-4-6(5)9(11)8-10/h1-4,10H,7H2. The Labute approximate surface area is 62.9 Å². The Kier molecular flexibility index (Phi) is 1.91. The van der Waals surface area contributed by atoms with Gasteiger partial charge in [0.15, 0.2) is 0 Å². The largest absolute Gasteiger partial charge is 0.592 e. The van der Waals surface area contributed by atoms with Crippen LogP contribution >= 0.6 is 0 Å². The molecule has 11 heavy (non-hydrogen) atoms. The quantitative estimate of drug-likeness (QED) is 0.275. The van der Waals surface area contributed by atoms with Crippen LogP contribution in [-0.4, -0.2) is 10.1 Å². The fourth-order valence-corrected chi connectivity index (χ4v) is 0.710. The van der Waals surface area contributed by atoms with Crippen molar-refractivity contribution in [2.24, 2.45) is 5.28 Å². The van der Waals surface area contributed by atoms with Crippen LogP contribution in [0.4, 0.5) is 11.4 Å². The maximum atomic E-state index is 10.7. The van der Waals surface area contributed by atoms with Gasteiger partial charge in [-0.15, -0.1) is 0 Å². The average Bonchev–Trinajstić information content (AvgIpc) is 2.04. The molecule has 0 aliphatic rings. The van der Waals surface area contributed by atoms with Crippen molar-refractivity contribution >= 4 is 11.4 Å². The third-order valence-corrected chi connectivity index (χ3v) is 1.22. The van der Waals surface area contributed by atoms with Gasteiger partial charge in [-0.2, -0.15) is 0 Å². The first-order chi connectivity index (χ1) is 5.25. The molecule has 5 heteroatoms. The summed E-state index contributed by atoms with van der Waals surface area (Å²) in [7, 11) is 0.